The molecule has 0 N–H and O–H groups in total. The topological polar surface area (TPSA) is 19.9 Å². The summed E-state index contributed by atoms with van der Waals surface area (Å²) in [5.41, 5.74) is 0. The van der Waals surface area contributed by atoms with Crippen LogP contribution in [0, 0.1) is 6.65 Å². The van der Waals surface area contributed by atoms with E-state index in [1.54, 1.807) is 0 Å². The Morgan fingerprint density at radius 2 is 0.410 bits per heavy atom. The maximum absolute atomic E-state index is 7.50. The van der Waals surface area contributed by atoms with Crippen LogP contribution in [0.15, 0.2) is 255 Å². The zero-order chi connectivity index (χ0) is 40.9. The van der Waals surface area contributed by atoms with Gasteiger partial charge in [-0.25, -0.2) is 0 Å². The van der Waals surface area contributed by atoms with Crippen molar-refractivity contribution in [3.8, 4) is 0 Å². The molecule has 2 radical (unpaired) electrons. The van der Waals surface area contributed by atoms with Crippen molar-refractivity contribution in [3.63, 3.8) is 0 Å². The van der Waals surface area contributed by atoms with E-state index in [0.29, 0.717) is 0 Å². The van der Waals surface area contributed by atoms with Gasteiger partial charge in [-0.15, -0.1) is 0 Å². The predicted octanol–water partition coefficient (Wildman–Crippen LogP) is 7.44. The van der Waals surface area contributed by atoms with Crippen LogP contribution in [-0.2, 0) is 24.8 Å². The molecular weight excluding hydrogens is 1030 g/mol. The van der Waals surface area contributed by atoms with Crippen molar-refractivity contribution in [2.24, 2.45) is 0 Å². The number of benzene rings is 9. The van der Waals surface area contributed by atoms with Crippen molar-refractivity contribution in [1.82, 2.24) is 0 Å². The van der Waals surface area contributed by atoms with Gasteiger partial charge in [0, 0.05) is 20.1 Å². The number of rotatable bonds is 12. The molecule has 0 aliphatic carbocycles. The molecule has 0 fully saturated rings. The summed E-state index contributed by atoms with van der Waals surface area (Å²) in [6, 6.07) is 96.0. The van der Waals surface area contributed by atoms with Gasteiger partial charge >= 0.3 is 365 Å². The molecule has 0 aliphatic heterocycles. The summed E-state index contributed by atoms with van der Waals surface area (Å²) < 4.78 is 12.1. The van der Waals surface area contributed by atoms with Crippen molar-refractivity contribution in [1.29, 1.82) is 0 Å². The van der Waals surface area contributed by atoms with Crippen LogP contribution in [0.4, 0.5) is 0 Å². The molecule has 0 aromatic heterocycles. The molecule has 6 heteroatoms. The molecule has 9 aromatic rings. The van der Waals surface area contributed by atoms with E-state index in [0.717, 1.165) is 0 Å². The summed E-state index contributed by atoms with van der Waals surface area (Å²) in [7, 11) is -2.56. The molecule has 9 aromatic carbocycles. The van der Waals surface area contributed by atoms with Crippen molar-refractivity contribution < 1.29 is 24.8 Å². The number of hydrogen-bond acceptors (Lipinski definition) is 0. The summed E-state index contributed by atoms with van der Waals surface area (Å²) in [6.07, 6.45) is 0. The summed E-state index contributed by atoms with van der Waals surface area (Å²) >= 11 is -2.73. The van der Waals surface area contributed by atoms with E-state index in [4.69, 9.17) is 4.65 Å². The van der Waals surface area contributed by atoms with E-state index < -0.39 is 38.1 Å². The van der Waals surface area contributed by atoms with Crippen molar-refractivity contribution in [2.45, 2.75) is 0 Å². The second-order valence-corrected chi connectivity index (χ2v) is 25.5. The average Bonchev–Trinajstić information content (AvgIpc) is 3.34. The monoisotopic (exact) mass is 1080 g/mol. The Morgan fingerprint density at radius 3 is 0.607 bits per heavy atom. The SMILES string of the molecule is [C-]#[O+].[Ir].c1ccc(P(c2ccccc2)c2cccc[c]2[Ge]([c]2ccccc2P(c2ccccc2)c2ccccc2)[c]2ccccc2P(c2ccccc2)c2ccccc2)cc1. The fraction of sp³-hybridized carbons (Fsp3) is 0. The summed E-state index contributed by atoms with van der Waals surface area (Å²) in [6.45, 7) is 4.50. The van der Waals surface area contributed by atoms with E-state index in [1.165, 1.54) is 60.9 Å². The van der Waals surface area contributed by atoms with Gasteiger partial charge in [0.05, 0.1) is 0 Å². The first-order valence-electron chi connectivity index (χ1n) is 19.9. The third-order valence-corrected chi connectivity index (χ3v) is 25.3. The van der Waals surface area contributed by atoms with Crippen LogP contribution in [-0.4, -0.2) is 14.3 Å². The van der Waals surface area contributed by atoms with E-state index in [9.17, 15) is 0 Å². The van der Waals surface area contributed by atoms with Gasteiger partial charge < -0.3 is 0 Å². The zero-order valence-corrected chi connectivity index (χ0v) is 40.5. The number of hydrogen-bond donors (Lipinski definition) is 0. The molecule has 0 amide bonds. The molecule has 0 aliphatic rings. The van der Waals surface area contributed by atoms with Crippen LogP contribution < -0.4 is 60.9 Å². The molecule has 61 heavy (non-hydrogen) atoms. The van der Waals surface area contributed by atoms with Crippen LogP contribution in [0.5, 0.6) is 0 Å². The fourth-order valence-corrected chi connectivity index (χ4v) is 24.3. The first-order chi connectivity index (χ1) is 29.8. The first kappa shape index (κ1) is 44.3. The third kappa shape index (κ3) is 10.1. The maximum atomic E-state index is 7.50. The van der Waals surface area contributed by atoms with Gasteiger partial charge in [0.15, 0.2) is 0 Å². The summed E-state index contributed by atoms with van der Waals surface area (Å²) in [4.78, 5) is 0. The quantitative estimate of drug-likeness (QED) is 0.0526. The zero-order valence-electron chi connectivity index (χ0n) is 33.3. The summed E-state index contributed by atoms with van der Waals surface area (Å²) in [5, 5.41) is 12.6. The Balaban J connectivity index is 0.00000184. The molecule has 0 heterocycles. The first-order valence-corrected chi connectivity index (χ1v) is 27.1. The molecule has 0 saturated carbocycles. The minimum atomic E-state index is -2.73. The molecule has 1 nitrogen and oxygen atoms in total. The molecule has 0 spiro atoms. The Morgan fingerprint density at radius 1 is 0.246 bits per heavy atom. The van der Waals surface area contributed by atoms with Crippen molar-refractivity contribution in [2.75, 3.05) is 0 Å². The van der Waals surface area contributed by atoms with E-state index in [-0.39, 0.29) is 20.1 Å². The molecular formula is C55H42GeIrOP3. The third-order valence-electron chi connectivity index (χ3n) is 10.3. The van der Waals surface area contributed by atoms with Crippen molar-refractivity contribution >= 4 is 99.0 Å². The van der Waals surface area contributed by atoms with Crippen molar-refractivity contribution in [3.05, 3.63) is 261 Å². The van der Waals surface area contributed by atoms with Crippen LogP contribution in [0.25, 0.3) is 0 Å². The Labute approximate surface area is 382 Å². The van der Waals surface area contributed by atoms with Gasteiger partial charge in [-0.05, 0) is 0 Å². The second-order valence-electron chi connectivity index (χ2n) is 13.9. The van der Waals surface area contributed by atoms with Crippen LogP contribution in [0.2, 0.25) is 0 Å². The van der Waals surface area contributed by atoms with E-state index in [1.807, 2.05) is 0 Å². The van der Waals surface area contributed by atoms with Gasteiger partial charge in [0.25, 0.3) is 0 Å². The van der Waals surface area contributed by atoms with Crippen LogP contribution in [0.1, 0.15) is 0 Å². The molecule has 9 rings (SSSR count). The molecule has 0 bridgehead atoms. The normalized spacial score (nSPS) is 10.9. The van der Waals surface area contributed by atoms with E-state index in [2.05, 4.69) is 261 Å². The van der Waals surface area contributed by atoms with E-state index >= 15 is 0 Å². The minimum absolute atomic E-state index is 0. The van der Waals surface area contributed by atoms with Gasteiger partial charge in [-0.1, -0.05) is 0 Å². The van der Waals surface area contributed by atoms with Gasteiger partial charge in [-0.2, -0.15) is 0 Å². The van der Waals surface area contributed by atoms with Gasteiger partial charge in [0.1, 0.15) is 0 Å². The second kappa shape index (κ2) is 22.3. The van der Waals surface area contributed by atoms with Crippen LogP contribution in [0.3, 0.4) is 0 Å². The molecule has 0 saturated heterocycles. The van der Waals surface area contributed by atoms with Crippen LogP contribution >= 0.6 is 23.8 Å². The molecule has 296 valence electrons. The summed E-state index contributed by atoms with van der Waals surface area (Å²) in [5.74, 6) is 0. The predicted molar refractivity (Wildman–Crippen MR) is 264 cm³/mol. The van der Waals surface area contributed by atoms with Gasteiger partial charge in [-0.3, -0.25) is 0 Å². The fourth-order valence-electron chi connectivity index (χ4n) is 7.82. The average molecular weight is 1080 g/mol. The van der Waals surface area contributed by atoms with Gasteiger partial charge in [0.2, 0.25) is 0 Å². The molecule has 0 atom stereocenters. The Kier molecular flexibility index (Phi) is 16.2. The Bertz CT molecular complexity index is 2320. The Hall–Kier alpha value is -4.80. The molecule has 0 unspecified atom stereocenters. The standard InChI is InChI=1S/C54H42GeP3.CO.Ir/c1-7-25-43(26-8-1)56(44-27-9-2-10-28-44)52-40-22-19-37-49(52)55(50-38-20-23-41-53(50)57(45-29-11-3-12-30-45)46-31-13-4-14-32-46)51-39-21-24-42-54(51)58(47-33-15-5-16-34-47)48-35-17-6-18-36-48;1-2;/h1-42H;;.